The molecule has 0 radical (unpaired) electrons. The van der Waals surface area contributed by atoms with E-state index in [0.29, 0.717) is 0 Å². The van der Waals surface area contributed by atoms with Gasteiger partial charge in [-0.3, -0.25) is 4.90 Å². The number of halogens is 1. The minimum Gasteiger partial charge on any atom is -0.369 e. The number of rotatable bonds is 5. The number of anilines is 1. The van der Waals surface area contributed by atoms with E-state index in [2.05, 4.69) is 20.9 Å². The summed E-state index contributed by atoms with van der Waals surface area (Å²) >= 11 is 1.10. The average Bonchev–Trinajstić information content (AvgIpc) is 3.02. The molecule has 3 heterocycles. The number of piperazine rings is 1. The summed E-state index contributed by atoms with van der Waals surface area (Å²) in [5.74, 6) is 0. The fourth-order valence-corrected chi connectivity index (χ4v) is 4.14. The van der Waals surface area contributed by atoms with Crippen molar-refractivity contribution < 1.29 is 13.9 Å². The molecule has 136 valence electrons. The van der Waals surface area contributed by atoms with Gasteiger partial charge >= 0.3 is 0 Å². The van der Waals surface area contributed by atoms with Crippen LogP contribution in [0.4, 0.5) is 10.1 Å². The van der Waals surface area contributed by atoms with Crippen LogP contribution < -0.4 is 4.90 Å². The van der Waals surface area contributed by atoms with Crippen LogP contribution in [-0.4, -0.2) is 62.1 Å². The highest BCUT2D eigenvalue weighted by atomic mass is 32.1. The van der Waals surface area contributed by atoms with Crippen molar-refractivity contribution in [3.63, 3.8) is 0 Å². The Morgan fingerprint density at radius 3 is 2.92 bits per heavy atom. The largest absolute Gasteiger partial charge is 0.369 e. The monoisotopic (exact) mass is 365 g/mol. The lowest BCUT2D eigenvalue weighted by Gasteiger charge is -2.36. The lowest BCUT2D eigenvalue weighted by atomic mass is 10.2. The van der Waals surface area contributed by atoms with Gasteiger partial charge in [-0.05, 0) is 37.5 Å². The quantitative estimate of drug-likeness (QED) is 0.814. The molecule has 2 aliphatic heterocycles. The zero-order valence-corrected chi connectivity index (χ0v) is 15.1. The van der Waals surface area contributed by atoms with Gasteiger partial charge < -0.3 is 14.4 Å². The van der Waals surface area contributed by atoms with E-state index in [-0.39, 0.29) is 11.6 Å². The summed E-state index contributed by atoms with van der Waals surface area (Å²) in [6.07, 6.45) is 3.38. The van der Waals surface area contributed by atoms with Gasteiger partial charge in [0.25, 0.3) is 5.26 Å². The lowest BCUT2D eigenvalue weighted by Crippen LogP contribution is -2.47. The molecule has 1 aromatic carbocycles. The van der Waals surface area contributed by atoms with Crippen LogP contribution in [-0.2, 0) is 9.47 Å². The third kappa shape index (κ3) is 4.28. The third-order valence-electron chi connectivity index (χ3n) is 4.93. The van der Waals surface area contributed by atoms with Gasteiger partial charge in [0.1, 0.15) is 0 Å². The first-order valence-electron chi connectivity index (χ1n) is 9.04. The number of nitrogens with zero attached hydrogens (tertiary/aromatic N) is 3. The Bertz CT molecular complexity index is 697. The molecule has 1 unspecified atom stereocenters. The summed E-state index contributed by atoms with van der Waals surface area (Å²) in [5, 5.41) is -0.362. The highest BCUT2D eigenvalue weighted by Crippen LogP contribution is 2.26. The summed E-state index contributed by atoms with van der Waals surface area (Å²) in [4.78, 5) is 8.73. The first-order valence-corrected chi connectivity index (χ1v) is 9.86. The molecule has 0 amide bonds. The zero-order chi connectivity index (χ0) is 17.1. The minimum absolute atomic E-state index is 0.000253. The van der Waals surface area contributed by atoms with E-state index in [4.69, 9.17) is 9.47 Å². The molecular weight excluding hydrogens is 341 g/mol. The topological polar surface area (TPSA) is 37.8 Å². The summed E-state index contributed by atoms with van der Waals surface area (Å²) < 4.78 is 25.6. The number of fused-ring (bicyclic) bond motifs is 1. The molecule has 4 rings (SSSR count). The molecule has 7 heteroatoms. The minimum atomic E-state index is -0.362. The first-order chi connectivity index (χ1) is 12.3. The van der Waals surface area contributed by atoms with Crippen LogP contribution in [0.3, 0.4) is 0 Å². The SMILES string of the molecule is Fc1nc2cc(N3CCN(CCOC4CCCCO4)CC3)ccc2s1. The van der Waals surface area contributed by atoms with Gasteiger partial charge in [0.05, 0.1) is 16.8 Å². The maximum Gasteiger partial charge on any atom is 0.270 e. The van der Waals surface area contributed by atoms with E-state index in [1.54, 1.807) is 0 Å². The van der Waals surface area contributed by atoms with Crippen molar-refractivity contribution >= 4 is 27.2 Å². The van der Waals surface area contributed by atoms with Crippen molar-refractivity contribution in [1.82, 2.24) is 9.88 Å². The van der Waals surface area contributed by atoms with E-state index >= 15 is 0 Å². The van der Waals surface area contributed by atoms with E-state index in [0.717, 1.165) is 86.0 Å². The van der Waals surface area contributed by atoms with Crippen molar-refractivity contribution in [2.24, 2.45) is 0 Å². The molecule has 1 atom stereocenters. The van der Waals surface area contributed by atoms with Crippen molar-refractivity contribution in [2.75, 3.05) is 50.8 Å². The Kier molecular flexibility index (Phi) is 5.45. The molecule has 25 heavy (non-hydrogen) atoms. The number of aromatic nitrogens is 1. The number of benzene rings is 1. The van der Waals surface area contributed by atoms with Crippen LogP contribution in [0.1, 0.15) is 19.3 Å². The maximum absolute atomic E-state index is 13.3. The summed E-state index contributed by atoms with van der Waals surface area (Å²) in [5.41, 5.74) is 1.88. The molecule has 0 N–H and O–H groups in total. The summed E-state index contributed by atoms with van der Waals surface area (Å²) in [7, 11) is 0. The Morgan fingerprint density at radius 2 is 2.12 bits per heavy atom. The standard InChI is InChI=1S/C18H24FN3O2S/c19-18-20-15-13-14(4-5-16(15)25-18)22-8-6-21(7-9-22)10-12-24-17-3-1-2-11-23-17/h4-5,13,17H,1-3,6-12H2. The van der Waals surface area contributed by atoms with Gasteiger partial charge in [-0.1, -0.05) is 11.3 Å². The van der Waals surface area contributed by atoms with Crippen LogP contribution in [0.25, 0.3) is 10.2 Å². The Morgan fingerprint density at radius 1 is 1.24 bits per heavy atom. The van der Waals surface area contributed by atoms with E-state index < -0.39 is 0 Å². The fourth-order valence-electron chi connectivity index (χ4n) is 3.47. The first kappa shape index (κ1) is 17.1. The third-order valence-corrected chi connectivity index (χ3v) is 5.76. The second-order valence-corrected chi connectivity index (χ2v) is 7.60. The highest BCUT2D eigenvalue weighted by molar-refractivity contribution is 7.17. The predicted molar refractivity (Wildman–Crippen MR) is 97.8 cm³/mol. The maximum atomic E-state index is 13.3. The molecule has 0 bridgehead atoms. The van der Waals surface area contributed by atoms with E-state index in [9.17, 15) is 4.39 Å². The summed E-state index contributed by atoms with van der Waals surface area (Å²) in [6.45, 7) is 6.47. The highest BCUT2D eigenvalue weighted by Gasteiger charge is 2.19. The molecule has 0 saturated carbocycles. The van der Waals surface area contributed by atoms with Crippen molar-refractivity contribution in [1.29, 1.82) is 0 Å². The smallest absolute Gasteiger partial charge is 0.270 e. The molecule has 0 aliphatic carbocycles. The van der Waals surface area contributed by atoms with Crippen LogP contribution in [0, 0.1) is 5.26 Å². The molecule has 2 saturated heterocycles. The second-order valence-electron chi connectivity index (χ2n) is 6.61. The lowest BCUT2D eigenvalue weighted by molar-refractivity contribution is -0.164. The second kappa shape index (κ2) is 7.95. The summed E-state index contributed by atoms with van der Waals surface area (Å²) in [6, 6.07) is 6.03. The van der Waals surface area contributed by atoms with Gasteiger partial charge in [-0.2, -0.15) is 4.39 Å². The molecule has 2 aromatic rings. The molecule has 0 spiro atoms. The Balaban J connectivity index is 1.24. The fraction of sp³-hybridized carbons (Fsp3) is 0.611. The molecule has 2 fully saturated rings. The van der Waals surface area contributed by atoms with Crippen LogP contribution in [0.5, 0.6) is 0 Å². The van der Waals surface area contributed by atoms with Gasteiger partial charge in [0, 0.05) is 45.0 Å². The molecule has 1 aromatic heterocycles. The Hall–Kier alpha value is -1.28. The van der Waals surface area contributed by atoms with E-state index in [1.165, 1.54) is 6.42 Å². The normalized spacial score (nSPS) is 22.6. The van der Waals surface area contributed by atoms with Gasteiger partial charge in [-0.25, -0.2) is 4.98 Å². The van der Waals surface area contributed by atoms with Crippen LogP contribution in [0.15, 0.2) is 18.2 Å². The molecule has 2 aliphatic rings. The number of hydrogen-bond acceptors (Lipinski definition) is 6. The number of hydrogen-bond donors (Lipinski definition) is 0. The average molecular weight is 365 g/mol. The van der Waals surface area contributed by atoms with E-state index in [1.807, 2.05) is 12.1 Å². The van der Waals surface area contributed by atoms with Crippen molar-refractivity contribution in [2.45, 2.75) is 25.6 Å². The van der Waals surface area contributed by atoms with Gasteiger partial charge in [0.2, 0.25) is 0 Å². The Labute approximate surface area is 151 Å². The number of ether oxygens (including phenoxy) is 2. The van der Waals surface area contributed by atoms with Crippen LogP contribution in [0.2, 0.25) is 0 Å². The van der Waals surface area contributed by atoms with Crippen LogP contribution >= 0.6 is 11.3 Å². The predicted octanol–water partition coefficient (Wildman–Crippen LogP) is 3.10. The van der Waals surface area contributed by atoms with Crippen molar-refractivity contribution in [3.8, 4) is 0 Å². The molecular formula is C18H24FN3O2S. The van der Waals surface area contributed by atoms with Crippen molar-refractivity contribution in [3.05, 3.63) is 23.5 Å². The van der Waals surface area contributed by atoms with Gasteiger partial charge in [-0.15, -0.1) is 0 Å². The molecule has 5 nitrogen and oxygen atoms in total. The van der Waals surface area contributed by atoms with Gasteiger partial charge in [0.15, 0.2) is 6.29 Å². The zero-order valence-electron chi connectivity index (χ0n) is 14.3. The number of thiazole rings is 1.